The first-order valence-corrected chi connectivity index (χ1v) is 6.02. The van der Waals surface area contributed by atoms with Crippen molar-refractivity contribution < 1.29 is 4.52 Å². The number of hydrogen-bond donors (Lipinski definition) is 2. The molecule has 0 bridgehead atoms. The SMILES string of the molecule is CPOCC(C)(C)CN(N)/C=C(/C)N. The molecule has 0 amide bonds. The molecule has 0 radical (unpaired) electrons. The molecule has 0 aromatic heterocycles. The van der Waals surface area contributed by atoms with Gasteiger partial charge in [0.1, 0.15) is 0 Å². The summed E-state index contributed by atoms with van der Waals surface area (Å²) in [5.74, 6) is 5.76. The van der Waals surface area contributed by atoms with Crippen LogP contribution in [0.15, 0.2) is 11.9 Å². The number of hydrazine groups is 1. The Balaban J connectivity index is 4.01. The van der Waals surface area contributed by atoms with Crippen LogP contribution in [0.4, 0.5) is 0 Å². The molecule has 0 aliphatic rings. The highest BCUT2D eigenvalue weighted by molar-refractivity contribution is 7.31. The second kappa shape index (κ2) is 6.23. The second-order valence-electron chi connectivity index (χ2n) is 4.20. The lowest BCUT2D eigenvalue weighted by Crippen LogP contribution is -2.38. The van der Waals surface area contributed by atoms with Crippen LogP contribution in [-0.4, -0.2) is 24.8 Å². The van der Waals surface area contributed by atoms with Gasteiger partial charge in [-0.05, 0) is 13.6 Å². The highest BCUT2D eigenvalue weighted by Crippen LogP contribution is 2.20. The molecule has 0 fully saturated rings. The van der Waals surface area contributed by atoms with Crippen LogP contribution >= 0.6 is 8.81 Å². The van der Waals surface area contributed by atoms with Gasteiger partial charge in [-0.3, -0.25) is 0 Å². The van der Waals surface area contributed by atoms with E-state index in [4.69, 9.17) is 16.1 Å². The zero-order valence-corrected chi connectivity index (χ0v) is 10.5. The standard InChI is InChI=1S/C9H22N3OP/c1-8(10)5-12(11)6-9(2,3)7-13-14-4/h5,14H,6-7,10-11H2,1-4H3/b8-5-. The Morgan fingerprint density at radius 2 is 2.14 bits per heavy atom. The van der Waals surface area contributed by atoms with Crippen LogP contribution in [0, 0.1) is 5.41 Å². The summed E-state index contributed by atoms with van der Waals surface area (Å²) < 4.78 is 5.40. The van der Waals surface area contributed by atoms with Gasteiger partial charge in [0.25, 0.3) is 0 Å². The third-order valence-corrected chi connectivity index (χ3v) is 2.02. The van der Waals surface area contributed by atoms with Crippen LogP contribution in [0.25, 0.3) is 0 Å². The molecular formula is C9H22N3OP. The van der Waals surface area contributed by atoms with E-state index in [-0.39, 0.29) is 5.41 Å². The van der Waals surface area contributed by atoms with Crippen molar-refractivity contribution in [2.24, 2.45) is 17.0 Å². The van der Waals surface area contributed by atoms with E-state index in [2.05, 4.69) is 13.8 Å². The van der Waals surface area contributed by atoms with Crippen LogP contribution in [-0.2, 0) is 4.52 Å². The second-order valence-corrected chi connectivity index (χ2v) is 4.90. The zero-order valence-electron chi connectivity index (χ0n) is 9.50. The number of hydrogen-bond acceptors (Lipinski definition) is 4. The number of nitrogens with two attached hydrogens (primary N) is 2. The number of nitrogens with zero attached hydrogens (tertiary/aromatic N) is 1. The summed E-state index contributed by atoms with van der Waals surface area (Å²) in [7, 11) is 0.524. The summed E-state index contributed by atoms with van der Waals surface area (Å²) in [6, 6.07) is 0. The van der Waals surface area contributed by atoms with Gasteiger partial charge in [0.05, 0.1) is 6.61 Å². The molecule has 4 N–H and O–H groups in total. The van der Waals surface area contributed by atoms with Crippen molar-refractivity contribution in [3.05, 3.63) is 11.9 Å². The van der Waals surface area contributed by atoms with Crippen LogP contribution in [0.1, 0.15) is 20.8 Å². The molecule has 0 saturated carbocycles. The third-order valence-electron chi connectivity index (χ3n) is 1.59. The van der Waals surface area contributed by atoms with Crippen LogP contribution < -0.4 is 11.6 Å². The van der Waals surface area contributed by atoms with Crippen LogP contribution in [0.2, 0.25) is 0 Å². The van der Waals surface area contributed by atoms with Gasteiger partial charge in [-0.2, -0.15) is 0 Å². The fraction of sp³-hybridized carbons (Fsp3) is 0.778. The Morgan fingerprint density at radius 1 is 1.57 bits per heavy atom. The van der Waals surface area contributed by atoms with E-state index >= 15 is 0 Å². The van der Waals surface area contributed by atoms with E-state index in [1.54, 1.807) is 11.2 Å². The molecule has 14 heavy (non-hydrogen) atoms. The molecule has 0 aromatic carbocycles. The molecule has 0 aliphatic heterocycles. The number of rotatable bonds is 6. The molecule has 5 heteroatoms. The van der Waals surface area contributed by atoms with Gasteiger partial charge in [0.15, 0.2) is 0 Å². The van der Waals surface area contributed by atoms with Crippen LogP contribution in [0.5, 0.6) is 0 Å². The predicted molar refractivity (Wildman–Crippen MR) is 62.8 cm³/mol. The Bertz CT molecular complexity index is 190. The van der Waals surface area contributed by atoms with E-state index in [0.29, 0.717) is 21.1 Å². The van der Waals surface area contributed by atoms with E-state index < -0.39 is 0 Å². The predicted octanol–water partition coefficient (Wildman–Crippen LogP) is 1.25. The van der Waals surface area contributed by atoms with Crippen molar-refractivity contribution in [2.45, 2.75) is 20.8 Å². The molecule has 1 atom stereocenters. The molecule has 0 saturated heterocycles. The lowest BCUT2D eigenvalue weighted by molar-refractivity contribution is 0.152. The van der Waals surface area contributed by atoms with Gasteiger partial charge < -0.3 is 15.3 Å². The van der Waals surface area contributed by atoms with Gasteiger partial charge in [-0.15, -0.1) is 0 Å². The average Bonchev–Trinajstić information content (AvgIpc) is 1.98. The minimum absolute atomic E-state index is 0.0453. The average molecular weight is 219 g/mol. The Kier molecular flexibility index (Phi) is 6.09. The topological polar surface area (TPSA) is 64.5 Å². The maximum Gasteiger partial charge on any atom is 0.0573 e. The number of allylic oxidation sites excluding steroid dienone is 1. The van der Waals surface area contributed by atoms with E-state index in [9.17, 15) is 0 Å². The van der Waals surface area contributed by atoms with Crippen molar-refractivity contribution in [1.82, 2.24) is 5.01 Å². The fourth-order valence-corrected chi connectivity index (χ4v) is 1.65. The van der Waals surface area contributed by atoms with Gasteiger partial charge in [0, 0.05) is 32.7 Å². The smallest absolute Gasteiger partial charge is 0.0573 e. The maximum atomic E-state index is 5.76. The monoisotopic (exact) mass is 219 g/mol. The molecule has 1 unspecified atom stereocenters. The molecule has 0 spiro atoms. The summed E-state index contributed by atoms with van der Waals surface area (Å²) >= 11 is 0. The van der Waals surface area contributed by atoms with Gasteiger partial charge in [-0.25, -0.2) is 5.84 Å². The first-order valence-electron chi connectivity index (χ1n) is 4.61. The lowest BCUT2D eigenvalue weighted by atomic mass is 9.95. The van der Waals surface area contributed by atoms with E-state index in [0.717, 1.165) is 6.54 Å². The minimum atomic E-state index is 0.0453. The quantitative estimate of drug-likeness (QED) is 0.401. The van der Waals surface area contributed by atoms with Crippen molar-refractivity contribution >= 4 is 8.81 Å². The normalized spacial score (nSPS) is 13.9. The van der Waals surface area contributed by atoms with E-state index in [1.807, 2.05) is 13.6 Å². The van der Waals surface area contributed by atoms with Crippen LogP contribution in [0.3, 0.4) is 0 Å². The highest BCUT2D eigenvalue weighted by Gasteiger charge is 2.19. The van der Waals surface area contributed by atoms with Crippen molar-refractivity contribution in [3.63, 3.8) is 0 Å². The van der Waals surface area contributed by atoms with Gasteiger partial charge >= 0.3 is 0 Å². The Hall–Kier alpha value is -0.310. The third kappa shape index (κ3) is 7.13. The fourth-order valence-electron chi connectivity index (χ4n) is 1.11. The lowest BCUT2D eigenvalue weighted by Gasteiger charge is -2.28. The first-order chi connectivity index (χ1) is 6.37. The first kappa shape index (κ1) is 13.7. The molecule has 0 aromatic rings. The van der Waals surface area contributed by atoms with Crippen molar-refractivity contribution in [2.75, 3.05) is 19.8 Å². The summed E-state index contributed by atoms with van der Waals surface area (Å²) in [6.45, 7) is 9.51. The minimum Gasteiger partial charge on any atom is -0.401 e. The largest absolute Gasteiger partial charge is 0.401 e. The van der Waals surface area contributed by atoms with Crippen molar-refractivity contribution in [3.8, 4) is 0 Å². The molecule has 0 aliphatic carbocycles. The maximum absolute atomic E-state index is 5.76. The summed E-state index contributed by atoms with van der Waals surface area (Å²) in [4.78, 5) is 0. The Labute approximate surface area is 88.5 Å². The van der Waals surface area contributed by atoms with Gasteiger partial charge in [0.2, 0.25) is 0 Å². The summed E-state index contributed by atoms with van der Waals surface area (Å²) in [6.07, 6.45) is 1.73. The molecule has 4 nitrogen and oxygen atoms in total. The van der Waals surface area contributed by atoms with E-state index in [1.165, 1.54) is 0 Å². The highest BCUT2D eigenvalue weighted by atomic mass is 31.1. The zero-order chi connectivity index (χ0) is 11.2. The summed E-state index contributed by atoms with van der Waals surface area (Å²) in [5.41, 5.74) is 6.28. The van der Waals surface area contributed by atoms with Crippen molar-refractivity contribution in [1.29, 1.82) is 0 Å². The Morgan fingerprint density at radius 3 is 2.57 bits per heavy atom. The molecule has 84 valence electrons. The molecular weight excluding hydrogens is 197 g/mol. The molecule has 0 rings (SSSR count). The van der Waals surface area contributed by atoms with Gasteiger partial charge in [-0.1, -0.05) is 13.8 Å². The molecule has 0 heterocycles. The summed E-state index contributed by atoms with van der Waals surface area (Å²) in [5, 5.41) is 1.61.